The summed E-state index contributed by atoms with van der Waals surface area (Å²) in [6.07, 6.45) is -2.18. The lowest BCUT2D eigenvalue weighted by Crippen LogP contribution is -2.39. The lowest BCUT2D eigenvalue weighted by atomic mass is 9.80. The molecule has 8 rings (SSSR count). The molecule has 3 fully saturated rings. The van der Waals surface area contributed by atoms with Gasteiger partial charge < -0.3 is 28.8 Å². The van der Waals surface area contributed by atoms with Gasteiger partial charge in [0.2, 0.25) is 0 Å². The second-order valence-corrected chi connectivity index (χ2v) is 17.2. The van der Waals surface area contributed by atoms with E-state index >= 15 is 0 Å². The summed E-state index contributed by atoms with van der Waals surface area (Å²) in [5.74, 6) is 0.627. The van der Waals surface area contributed by atoms with Crippen molar-refractivity contribution >= 4 is 7.82 Å². The number of nitrogens with one attached hydrogen (secondary N) is 2. The second kappa shape index (κ2) is 18.7. The fourth-order valence-electron chi connectivity index (χ4n) is 8.47. The number of phosphoric ester groups is 1. The predicted octanol–water partition coefficient (Wildman–Crippen LogP) is 4.29. The summed E-state index contributed by atoms with van der Waals surface area (Å²) in [6.45, 7) is 0.883. The highest BCUT2D eigenvalue weighted by molar-refractivity contribution is 7.48. The number of aryl methyl sites for hydroxylation is 1. The van der Waals surface area contributed by atoms with Crippen LogP contribution in [0.3, 0.4) is 0 Å². The Bertz CT molecular complexity index is 2600. The smallest absolute Gasteiger partial charge is 0.475 e. The van der Waals surface area contributed by atoms with Crippen molar-refractivity contribution < 1.29 is 46.9 Å². The monoisotopic (exact) mass is 888 g/mol. The number of aliphatic hydroxyl groups excluding tert-OH is 1. The minimum atomic E-state index is -4.52. The van der Waals surface area contributed by atoms with E-state index < -0.39 is 85.3 Å². The van der Waals surface area contributed by atoms with Crippen LogP contribution >= 0.6 is 7.82 Å². The van der Waals surface area contributed by atoms with E-state index in [2.05, 4.69) is 9.97 Å². The Hall–Kier alpha value is -5.43. The molecule has 3 aliphatic rings. The van der Waals surface area contributed by atoms with Gasteiger partial charge in [-0.15, -0.1) is 0 Å². The highest BCUT2D eigenvalue weighted by Crippen LogP contribution is 2.56. The maximum atomic E-state index is 14.8. The van der Waals surface area contributed by atoms with Crippen LogP contribution in [0.15, 0.2) is 117 Å². The Balaban J connectivity index is 1.14. The van der Waals surface area contributed by atoms with Crippen LogP contribution < -0.4 is 32.0 Å². The van der Waals surface area contributed by atoms with Crippen molar-refractivity contribution in [2.75, 3.05) is 34.0 Å². The number of H-pyrrole nitrogens is 2. The van der Waals surface area contributed by atoms with Crippen LogP contribution in [0.5, 0.6) is 11.5 Å². The van der Waals surface area contributed by atoms with E-state index in [9.17, 15) is 28.8 Å². The van der Waals surface area contributed by atoms with E-state index in [0.717, 1.165) is 16.7 Å². The van der Waals surface area contributed by atoms with Gasteiger partial charge >= 0.3 is 19.2 Å². The first-order valence-electron chi connectivity index (χ1n) is 20.6. The highest BCUT2D eigenvalue weighted by atomic mass is 31.2. The molecule has 18 nitrogen and oxygen atoms in total. The highest BCUT2D eigenvalue weighted by Gasteiger charge is 2.52. The van der Waals surface area contributed by atoms with E-state index in [1.165, 1.54) is 34.5 Å². The molecule has 334 valence electrons. The number of aromatic amines is 2. The summed E-state index contributed by atoms with van der Waals surface area (Å²) in [7, 11) is -1.36. The van der Waals surface area contributed by atoms with E-state index in [1.807, 2.05) is 78.9 Å². The van der Waals surface area contributed by atoms with E-state index in [0.29, 0.717) is 30.8 Å². The first-order valence-corrected chi connectivity index (χ1v) is 22.1. The lowest BCUT2D eigenvalue weighted by molar-refractivity contribution is -0.0966. The molecule has 5 aromatic rings. The Kier molecular flexibility index (Phi) is 13.1. The van der Waals surface area contributed by atoms with Gasteiger partial charge in [0.05, 0.1) is 40.1 Å². The van der Waals surface area contributed by atoms with Gasteiger partial charge in [-0.1, -0.05) is 61.0 Å². The van der Waals surface area contributed by atoms with Gasteiger partial charge in [0.15, 0.2) is 0 Å². The number of fused-ring (bicyclic) bond motifs is 1. The molecule has 0 amide bonds. The largest absolute Gasteiger partial charge is 0.497 e. The van der Waals surface area contributed by atoms with Crippen molar-refractivity contribution in [2.24, 2.45) is 5.92 Å². The molecule has 3 aliphatic heterocycles. The van der Waals surface area contributed by atoms with Crippen LogP contribution in [0.25, 0.3) is 0 Å². The Morgan fingerprint density at radius 2 is 1.44 bits per heavy atom. The zero-order chi connectivity index (χ0) is 44.3. The molecular formula is C44H49N4O14P. The fraction of sp³-hybridized carbons (Fsp3) is 0.409. The molecule has 3 aromatic carbocycles. The molecule has 8 atom stereocenters. The molecule has 0 bridgehead atoms. The fourth-order valence-corrected chi connectivity index (χ4v) is 9.94. The van der Waals surface area contributed by atoms with Gasteiger partial charge in [0, 0.05) is 36.4 Å². The summed E-state index contributed by atoms with van der Waals surface area (Å²) < 4.78 is 66.5. The number of aromatic nitrogens is 4. The molecule has 19 heteroatoms. The number of methoxy groups -OCH3 is 2. The number of benzene rings is 3. The number of hydrogen-bond donors (Lipinski definition) is 3. The quantitative estimate of drug-likeness (QED) is 0.111. The van der Waals surface area contributed by atoms with Gasteiger partial charge in [-0.3, -0.25) is 42.3 Å². The topological polar surface area (TPSA) is 221 Å². The maximum absolute atomic E-state index is 14.8. The lowest BCUT2D eigenvalue weighted by Gasteiger charge is -2.37. The Morgan fingerprint density at radius 1 is 0.794 bits per heavy atom. The second-order valence-electron chi connectivity index (χ2n) is 15.6. The number of hydrogen-bond acceptors (Lipinski definition) is 14. The number of nitrogens with zero attached hydrogens (tertiary/aromatic N) is 2. The standard InChI is InChI=1S/C44H49N4O14P/c1-27-24-48(43(53)46-40(27)51)38-23-34(49)35(60-38)26-59-63(54)58-22-8-7-11-33-39(62-63)36(61-41(33)47-21-20-37(50)45-42(47)52)25-57-44(28-9-5-4-6-10-28,29-12-16-31(55-2)17-13-29)30-14-18-32(56-3)19-15-30/h4-6,9-10,12-21,24,33-36,38-39,41,49H,7-8,11,22-23,25-26H2,1-3H3,(H,45,50,52)(H,46,51,53)/t33-,34+,35-,36-,38-,39+,41-,63+/m1/s1. The van der Waals surface area contributed by atoms with Crippen LogP contribution in [-0.4, -0.2) is 82.7 Å². The first-order chi connectivity index (χ1) is 30.4. The summed E-state index contributed by atoms with van der Waals surface area (Å²) in [6, 6.07) is 25.8. The van der Waals surface area contributed by atoms with Gasteiger partial charge in [-0.05, 0) is 60.7 Å². The van der Waals surface area contributed by atoms with Crippen LogP contribution in [0.4, 0.5) is 0 Å². The molecule has 5 heterocycles. The summed E-state index contributed by atoms with van der Waals surface area (Å²) in [5, 5.41) is 11.0. The van der Waals surface area contributed by atoms with Crippen LogP contribution in [-0.2, 0) is 37.9 Å². The zero-order valence-electron chi connectivity index (χ0n) is 34.8. The Labute approximate surface area is 360 Å². The van der Waals surface area contributed by atoms with E-state index in [1.54, 1.807) is 14.2 Å². The van der Waals surface area contributed by atoms with Crippen LogP contribution in [0.1, 0.15) is 60.4 Å². The predicted molar refractivity (Wildman–Crippen MR) is 226 cm³/mol. The van der Waals surface area contributed by atoms with E-state index in [-0.39, 0.29) is 25.2 Å². The average Bonchev–Trinajstić information content (AvgIpc) is 3.84. The van der Waals surface area contributed by atoms with Gasteiger partial charge in [0.1, 0.15) is 47.9 Å². The SMILES string of the molecule is COc1ccc(C(OC[C@H]2O[C@@H](n3ccc(=O)[nH]c3=O)[C@@H]3CCCCO[P@@](=O)(OC[C@H]4O[C@@H](n5cc(C)c(=O)[nH]c5=O)C[C@@H]4O)O[C@@H]32)(c2ccccc2)c2ccc(OC)cc2)cc1. The third kappa shape index (κ3) is 9.17. The molecule has 0 saturated carbocycles. The number of phosphoric acid groups is 1. The van der Waals surface area contributed by atoms with Crippen molar-refractivity contribution in [3.8, 4) is 11.5 Å². The van der Waals surface area contributed by atoms with Crippen molar-refractivity contribution in [1.29, 1.82) is 0 Å². The van der Waals surface area contributed by atoms with Crippen molar-refractivity contribution in [3.05, 3.63) is 161 Å². The summed E-state index contributed by atoms with van der Waals surface area (Å²) in [4.78, 5) is 54.7. The zero-order valence-corrected chi connectivity index (χ0v) is 35.7. The molecule has 0 radical (unpaired) electrons. The number of aliphatic hydroxyl groups is 1. The molecule has 0 aliphatic carbocycles. The van der Waals surface area contributed by atoms with Gasteiger partial charge in [0.25, 0.3) is 11.1 Å². The number of ether oxygens (including phenoxy) is 5. The first kappa shape index (κ1) is 44.2. The molecule has 0 unspecified atom stereocenters. The Morgan fingerprint density at radius 3 is 2.10 bits per heavy atom. The molecule has 3 N–H and O–H groups in total. The minimum Gasteiger partial charge on any atom is -0.497 e. The average molecular weight is 889 g/mol. The van der Waals surface area contributed by atoms with Crippen molar-refractivity contribution in [1.82, 2.24) is 19.1 Å². The van der Waals surface area contributed by atoms with Crippen LogP contribution in [0, 0.1) is 12.8 Å². The number of rotatable bonds is 13. The normalized spacial score (nSPS) is 26.3. The summed E-state index contributed by atoms with van der Waals surface area (Å²) >= 11 is 0. The molecule has 63 heavy (non-hydrogen) atoms. The van der Waals surface area contributed by atoms with Crippen LogP contribution in [0.2, 0.25) is 0 Å². The molecule has 0 spiro atoms. The molecule has 3 saturated heterocycles. The minimum absolute atomic E-state index is 0.00315. The third-order valence-electron chi connectivity index (χ3n) is 11.7. The summed E-state index contributed by atoms with van der Waals surface area (Å²) in [5.41, 5.74) is -1.33. The van der Waals surface area contributed by atoms with Crippen molar-refractivity contribution in [2.45, 2.75) is 75.1 Å². The third-order valence-corrected chi connectivity index (χ3v) is 13.2. The van der Waals surface area contributed by atoms with E-state index in [4.69, 9.17) is 37.3 Å². The maximum Gasteiger partial charge on any atom is 0.475 e. The molecule has 2 aromatic heterocycles. The van der Waals surface area contributed by atoms with Gasteiger partial charge in [-0.25, -0.2) is 14.2 Å². The molecular weight excluding hydrogens is 839 g/mol. The van der Waals surface area contributed by atoms with Gasteiger partial charge in [-0.2, -0.15) is 0 Å². The van der Waals surface area contributed by atoms with Crippen molar-refractivity contribution in [3.63, 3.8) is 0 Å².